The van der Waals surface area contributed by atoms with Crippen molar-refractivity contribution in [2.45, 2.75) is 19.8 Å². The second-order valence-electron chi connectivity index (χ2n) is 6.95. The monoisotopic (exact) mass is 371 g/mol. The Bertz CT molecular complexity index is 844. The fourth-order valence-corrected chi connectivity index (χ4v) is 3.21. The van der Waals surface area contributed by atoms with Crippen LogP contribution in [-0.4, -0.2) is 41.9 Å². The van der Waals surface area contributed by atoms with Crippen molar-refractivity contribution in [2.24, 2.45) is 0 Å². The van der Waals surface area contributed by atoms with Gasteiger partial charge in [0.05, 0.1) is 16.7 Å². The van der Waals surface area contributed by atoms with Gasteiger partial charge < -0.3 is 9.80 Å². The van der Waals surface area contributed by atoms with E-state index < -0.39 is 10.7 Å². The van der Waals surface area contributed by atoms with Crippen LogP contribution < -0.4 is 4.90 Å². The van der Waals surface area contributed by atoms with Crippen LogP contribution in [-0.2, 0) is 0 Å². The highest BCUT2D eigenvalue weighted by Crippen LogP contribution is 2.25. The first kappa shape index (κ1) is 18.8. The first-order valence-electron chi connectivity index (χ1n) is 8.95. The molecule has 2 aromatic carbocycles. The van der Waals surface area contributed by atoms with Crippen LogP contribution in [0, 0.1) is 15.9 Å². The Kier molecular flexibility index (Phi) is 5.39. The lowest BCUT2D eigenvalue weighted by molar-refractivity contribution is -0.385. The smallest absolute Gasteiger partial charge is 0.272 e. The lowest BCUT2D eigenvalue weighted by atomic mass is 10.0. The molecule has 0 aliphatic carbocycles. The summed E-state index contributed by atoms with van der Waals surface area (Å²) in [5.74, 6) is -0.239. The molecule has 27 heavy (non-hydrogen) atoms. The van der Waals surface area contributed by atoms with Gasteiger partial charge in [0.1, 0.15) is 0 Å². The molecule has 1 aliphatic heterocycles. The van der Waals surface area contributed by atoms with E-state index in [1.165, 1.54) is 17.7 Å². The zero-order valence-corrected chi connectivity index (χ0v) is 15.4. The van der Waals surface area contributed by atoms with E-state index in [-0.39, 0.29) is 11.6 Å². The molecule has 0 spiro atoms. The van der Waals surface area contributed by atoms with Crippen LogP contribution in [0.5, 0.6) is 0 Å². The maximum atomic E-state index is 14.2. The van der Waals surface area contributed by atoms with Gasteiger partial charge >= 0.3 is 0 Å². The van der Waals surface area contributed by atoms with Crippen LogP contribution in [0.3, 0.4) is 0 Å². The third-order valence-corrected chi connectivity index (χ3v) is 4.87. The summed E-state index contributed by atoms with van der Waals surface area (Å²) in [5, 5.41) is 10.7. The number of carbonyl (C=O) groups is 1. The minimum absolute atomic E-state index is 0.0332. The van der Waals surface area contributed by atoms with Crippen molar-refractivity contribution in [2.75, 3.05) is 31.1 Å². The molecule has 0 atom stereocenters. The summed E-state index contributed by atoms with van der Waals surface area (Å²) in [6.45, 7) is 6.11. The molecule has 7 heteroatoms. The molecule has 0 saturated carbocycles. The quantitative estimate of drug-likeness (QED) is 0.605. The van der Waals surface area contributed by atoms with E-state index in [2.05, 4.69) is 13.8 Å². The number of anilines is 1. The first-order valence-corrected chi connectivity index (χ1v) is 8.95. The standard InChI is InChI=1S/C20H22FN3O3/c1-14(2)15-3-5-16(6-4-15)20(25)23-11-9-22(10-12-23)19-8-7-17(24(26)27)13-18(19)21/h3-8,13-14H,9-12H2,1-2H3. The van der Waals surface area contributed by atoms with Crippen molar-refractivity contribution >= 4 is 17.3 Å². The van der Waals surface area contributed by atoms with E-state index in [4.69, 9.17) is 0 Å². The number of nitrogens with zero attached hydrogens (tertiary/aromatic N) is 3. The topological polar surface area (TPSA) is 66.7 Å². The number of halogens is 1. The molecule has 1 aliphatic rings. The van der Waals surface area contributed by atoms with Crippen LogP contribution in [0.15, 0.2) is 42.5 Å². The van der Waals surface area contributed by atoms with E-state index in [0.29, 0.717) is 43.3 Å². The Hall–Kier alpha value is -2.96. The molecule has 2 aromatic rings. The van der Waals surface area contributed by atoms with Crippen molar-refractivity contribution in [3.8, 4) is 0 Å². The predicted molar refractivity (Wildman–Crippen MR) is 102 cm³/mol. The van der Waals surface area contributed by atoms with Gasteiger partial charge in [0.25, 0.3) is 11.6 Å². The van der Waals surface area contributed by atoms with Crippen molar-refractivity contribution in [1.29, 1.82) is 0 Å². The van der Waals surface area contributed by atoms with Gasteiger partial charge in [0.2, 0.25) is 0 Å². The number of nitro benzene ring substituents is 1. The molecule has 0 radical (unpaired) electrons. The SMILES string of the molecule is CC(C)c1ccc(C(=O)N2CCN(c3ccc([N+](=O)[O-])cc3F)CC2)cc1. The van der Waals surface area contributed by atoms with Gasteiger partial charge in [0, 0.05) is 37.8 Å². The van der Waals surface area contributed by atoms with Crippen LogP contribution in [0.25, 0.3) is 0 Å². The van der Waals surface area contributed by atoms with Crippen LogP contribution >= 0.6 is 0 Å². The Balaban J connectivity index is 1.64. The van der Waals surface area contributed by atoms with Crippen LogP contribution in [0.1, 0.15) is 35.7 Å². The Labute approximate surface area is 157 Å². The fraction of sp³-hybridized carbons (Fsp3) is 0.350. The summed E-state index contributed by atoms with van der Waals surface area (Å²) < 4.78 is 14.2. The van der Waals surface area contributed by atoms with E-state index in [9.17, 15) is 19.3 Å². The Morgan fingerprint density at radius 3 is 2.22 bits per heavy atom. The molecule has 0 bridgehead atoms. The summed E-state index contributed by atoms with van der Waals surface area (Å²) in [5.41, 5.74) is 1.89. The highest BCUT2D eigenvalue weighted by molar-refractivity contribution is 5.94. The molecule has 1 heterocycles. The van der Waals surface area contributed by atoms with Gasteiger partial charge in [-0.15, -0.1) is 0 Å². The minimum Gasteiger partial charge on any atom is -0.366 e. The van der Waals surface area contributed by atoms with Crippen molar-refractivity contribution in [3.05, 3.63) is 69.5 Å². The van der Waals surface area contributed by atoms with Crippen LogP contribution in [0.2, 0.25) is 0 Å². The second-order valence-corrected chi connectivity index (χ2v) is 6.95. The number of nitro groups is 1. The molecular weight excluding hydrogens is 349 g/mol. The summed E-state index contributed by atoms with van der Waals surface area (Å²) in [7, 11) is 0. The van der Waals surface area contributed by atoms with Gasteiger partial charge in [0.15, 0.2) is 5.82 Å². The molecular formula is C20H22FN3O3. The van der Waals surface area contributed by atoms with Gasteiger partial charge in [-0.2, -0.15) is 0 Å². The van der Waals surface area contributed by atoms with Crippen molar-refractivity contribution in [3.63, 3.8) is 0 Å². The number of piperazine rings is 1. The third-order valence-electron chi connectivity index (χ3n) is 4.87. The third kappa shape index (κ3) is 4.07. The van der Waals surface area contributed by atoms with E-state index in [0.717, 1.165) is 6.07 Å². The molecule has 1 amide bonds. The predicted octanol–water partition coefficient (Wildman–Crippen LogP) is 3.82. The Morgan fingerprint density at radius 2 is 1.70 bits per heavy atom. The normalized spacial score (nSPS) is 14.5. The van der Waals surface area contributed by atoms with Gasteiger partial charge in [-0.25, -0.2) is 4.39 Å². The van der Waals surface area contributed by atoms with E-state index >= 15 is 0 Å². The number of hydrogen-bond acceptors (Lipinski definition) is 4. The second kappa shape index (κ2) is 7.73. The summed E-state index contributed by atoms with van der Waals surface area (Å²) in [6.07, 6.45) is 0. The molecule has 1 fully saturated rings. The molecule has 0 unspecified atom stereocenters. The number of amides is 1. The highest BCUT2D eigenvalue weighted by Gasteiger charge is 2.24. The lowest BCUT2D eigenvalue weighted by Crippen LogP contribution is -2.49. The summed E-state index contributed by atoms with van der Waals surface area (Å²) in [4.78, 5) is 26.3. The largest absolute Gasteiger partial charge is 0.366 e. The van der Waals surface area contributed by atoms with Gasteiger partial charge in [-0.1, -0.05) is 26.0 Å². The summed E-state index contributed by atoms with van der Waals surface area (Å²) >= 11 is 0. The average molecular weight is 371 g/mol. The molecule has 6 nitrogen and oxygen atoms in total. The maximum absolute atomic E-state index is 14.2. The molecule has 142 valence electrons. The highest BCUT2D eigenvalue weighted by atomic mass is 19.1. The minimum atomic E-state index is -0.617. The average Bonchev–Trinajstić information content (AvgIpc) is 2.67. The number of carbonyl (C=O) groups excluding carboxylic acids is 1. The molecule has 3 rings (SSSR count). The Morgan fingerprint density at radius 1 is 1.07 bits per heavy atom. The van der Waals surface area contributed by atoms with Crippen LogP contribution in [0.4, 0.5) is 15.8 Å². The fourth-order valence-electron chi connectivity index (χ4n) is 3.21. The zero-order valence-electron chi connectivity index (χ0n) is 15.4. The number of rotatable bonds is 4. The van der Waals surface area contributed by atoms with Gasteiger partial charge in [-0.05, 0) is 29.7 Å². The van der Waals surface area contributed by atoms with Crippen molar-refractivity contribution in [1.82, 2.24) is 4.90 Å². The molecule has 0 N–H and O–H groups in total. The lowest BCUT2D eigenvalue weighted by Gasteiger charge is -2.36. The zero-order chi connectivity index (χ0) is 19.6. The first-order chi connectivity index (χ1) is 12.9. The molecule has 0 aromatic heterocycles. The van der Waals surface area contributed by atoms with Crippen molar-refractivity contribution < 1.29 is 14.1 Å². The number of benzene rings is 2. The van der Waals surface area contributed by atoms with Gasteiger partial charge in [-0.3, -0.25) is 14.9 Å². The number of hydrogen-bond donors (Lipinski definition) is 0. The summed E-state index contributed by atoms with van der Waals surface area (Å²) in [6, 6.07) is 11.3. The van der Waals surface area contributed by atoms with E-state index in [1.54, 1.807) is 4.90 Å². The molecule has 1 saturated heterocycles. The van der Waals surface area contributed by atoms with E-state index in [1.807, 2.05) is 29.2 Å². The number of non-ortho nitro benzene ring substituents is 1. The maximum Gasteiger partial charge on any atom is 0.272 e.